The SMILES string of the molecule is CCOC(=O)c1c(OCC)oc2c(CCc3ccccc3)nc3ccccc3c12. The number of hydrogen-bond donors (Lipinski definition) is 0. The average molecular weight is 389 g/mol. The summed E-state index contributed by atoms with van der Waals surface area (Å²) in [4.78, 5) is 17.6. The van der Waals surface area contributed by atoms with Crippen LogP contribution in [0.3, 0.4) is 0 Å². The largest absolute Gasteiger partial charge is 0.465 e. The maximum atomic E-state index is 12.8. The third-order valence-corrected chi connectivity index (χ3v) is 4.82. The van der Waals surface area contributed by atoms with Gasteiger partial charge in [0.25, 0.3) is 0 Å². The molecule has 2 aromatic carbocycles. The van der Waals surface area contributed by atoms with E-state index < -0.39 is 5.97 Å². The highest BCUT2D eigenvalue weighted by atomic mass is 16.6. The molecule has 148 valence electrons. The van der Waals surface area contributed by atoms with Gasteiger partial charge in [-0.25, -0.2) is 9.78 Å². The number of nitrogens with zero attached hydrogens (tertiary/aromatic N) is 1. The first-order chi connectivity index (χ1) is 14.2. The molecular weight excluding hydrogens is 366 g/mol. The zero-order chi connectivity index (χ0) is 20.2. The molecule has 0 spiro atoms. The minimum absolute atomic E-state index is 0.195. The number of esters is 1. The number of aromatic nitrogens is 1. The molecule has 0 aliphatic heterocycles. The summed E-state index contributed by atoms with van der Waals surface area (Å²) < 4.78 is 17.0. The van der Waals surface area contributed by atoms with E-state index in [1.807, 2.05) is 49.4 Å². The lowest BCUT2D eigenvalue weighted by Crippen LogP contribution is -2.07. The Bertz CT molecular complexity index is 1150. The molecule has 4 aromatic rings. The molecule has 0 fully saturated rings. The fraction of sp³-hybridized carbons (Fsp3) is 0.250. The van der Waals surface area contributed by atoms with Gasteiger partial charge in [-0.2, -0.15) is 0 Å². The van der Waals surface area contributed by atoms with E-state index in [-0.39, 0.29) is 12.6 Å². The predicted molar refractivity (Wildman–Crippen MR) is 112 cm³/mol. The second-order valence-electron chi connectivity index (χ2n) is 6.68. The van der Waals surface area contributed by atoms with Crippen molar-refractivity contribution in [1.29, 1.82) is 0 Å². The zero-order valence-corrected chi connectivity index (χ0v) is 16.6. The van der Waals surface area contributed by atoms with Crippen LogP contribution in [0, 0.1) is 0 Å². The van der Waals surface area contributed by atoms with Gasteiger partial charge in [0.2, 0.25) is 0 Å². The molecule has 4 rings (SSSR count). The summed E-state index contributed by atoms with van der Waals surface area (Å²) in [5.41, 5.74) is 3.77. The average Bonchev–Trinajstić information content (AvgIpc) is 3.13. The van der Waals surface area contributed by atoms with Crippen molar-refractivity contribution in [3.8, 4) is 5.95 Å². The Kier molecular flexibility index (Phi) is 5.47. The smallest absolute Gasteiger partial charge is 0.346 e. The van der Waals surface area contributed by atoms with Crippen molar-refractivity contribution in [2.24, 2.45) is 0 Å². The third kappa shape index (κ3) is 3.68. The van der Waals surface area contributed by atoms with Gasteiger partial charge in [-0.15, -0.1) is 0 Å². The van der Waals surface area contributed by atoms with Gasteiger partial charge < -0.3 is 13.9 Å². The summed E-state index contributed by atoms with van der Waals surface area (Å²) >= 11 is 0. The second-order valence-corrected chi connectivity index (χ2v) is 6.68. The van der Waals surface area contributed by atoms with Gasteiger partial charge in [-0.1, -0.05) is 48.5 Å². The number of hydrogen-bond acceptors (Lipinski definition) is 5. The van der Waals surface area contributed by atoms with Crippen LogP contribution in [-0.4, -0.2) is 24.2 Å². The minimum Gasteiger partial charge on any atom is -0.465 e. The first kappa shape index (κ1) is 19.0. The lowest BCUT2D eigenvalue weighted by Gasteiger charge is -2.07. The zero-order valence-electron chi connectivity index (χ0n) is 16.6. The summed E-state index contributed by atoms with van der Waals surface area (Å²) in [6.07, 6.45) is 1.51. The van der Waals surface area contributed by atoms with Crippen LogP contribution < -0.4 is 4.74 Å². The summed E-state index contributed by atoms with van der Waals surface area (Å²) in [6, 6.07) is 18.0. The summed E-state index contributed by atoms with van der Waals surface area (Å²) in [7, 11) is 0. The van der Waals surface area contributed by atoms with E-state index in [1.54, 1.807) is 6.92 Å². The van der Waals surface area contributed by atoms with Gasteiger partial charge in [-0.3, -0.25) is 0 Å². The standard InChI is InChI=1S/C24H23NO4/c1-3-27-23(26)21-20-17-12-8-9-13-18(17)25-19(22(20)29-24(21)28-4-2)15-14-16-10-6-5-7-11-16/h5-13H,3-4,14-15H2,1-2H3. The highest BCUT2D eigenvalue weighted by Gasteiger charge is 2.27. The monoisotopic (exact) mass is 389 g/mol. The van der Waals surface area contributed by atoms with Crippen LogP contribution in [0.2, 0.25) is 0 Å². The third-order valence-electron chi connectivity index (χ3n) is 4.82. The number of carbonyl (C=O) groups is 1. The van der Waals surface area contributed by atoms with Crippen molar-refractivity contribution in [3.63, 3.8) is 0 Å². The molecule has 5 nitrogen and oxygen atoms in total. The van der Waals surface area contributed by atoms with E-state index in [4.69, 9.17) is 18.9 Å². The molecule has 2 aromatic heterocycles. The molecule has 2 heterocycles. The Labute approximate surface area is 169 Å². The molecule has 5 heteroatoms. The molecular formula is C24H23NO4. The lowest BCUT2D eigenvalue weighted by atomic mass is 10.0. The molecule has 0 saturated heterocycles. The Balaban J connectivity index is 1.91. The number of ether oxygens (including phenoxy) is 2. The fourth-order valence-corrected chi connectivity index (χ4v) is 3.55. The van der Waals surface area contributed by atoms with Crippen LogP contribution in [0.1, 0.15) is 35.5 Å². The lowest BCUT2D eigenvalue weighted by molar-refractivity contribution is 0.0521. The van der Waals surface area contributed by atoms with Crippen LogP contribution in [0.4, 0.5) is 0 Å². The van der Waals surface area contributed by atoms with E-state index in [9.17, 15) is 4.79 Å². The number of rotatable bonds is 7. The van der Waals surface area contributed by atoms with E-state index in [0.29, 0.717) is 29.6 Å². The van der Waals surface area contributed by atoms with Gasteiger partial charge in [0, 0.05) is 5.39 Å². The minimum atomic E-state index is -0.444. The van der Waals surface area contributed by atoms with Gasteiger partial charge in [0.1, 0.15) is 0 Å². The van der Waals surface area contributed by atoms with Crippen LogP contribution >= 0.6 is 0 Å². The maximum Gasteiger partial charge on any atom is 0.346 e. The van der Waals surface area contributed by atoms with E-state index in [1.165, 1.54) is 5.56 Å². The predicted octanol–water partition coefficient (Wildman–Crippen LogP) is 5.34. The van der Waals surface area contributed by atoms with E-state index >= 15 is 0 Å². The molecule has 0 aliphatic carbocycles. The van der Waals surface area contributed by atoms with E-state index in [0.717, 1.165) is 23.0 Å². The van der Waals surface area contributed by atoms with Crippen LogP contribution in [0.5, 0.6) is 5.95 Å². The number of furan rings is 1. The molecule has 29 heavy (non-hydrogen) atoms. The van der Waals surface area contributed by atoms with Crippen LogP contribution in [0.25, 0.3) is 21.9 Å². The number of aryl methyl sites for hydroxylation is 2. The van der Waals surface area contributed by atoms with Crippen molar-refractivity contribution in [2.75, 3.05) is 13.2 Å². The number of benzene rings is 2. The Hall–Kier alpha value is -3.34. The Morgan fingerprint density at radius 1 is 0.966 bits per heavy atom. The van der Waals surface area contributed by atoms with E-state index in [2.05, 4.69) is 12.1 Å². The molecule has 0 aliphatic rings. The Morgan fingerprint density at radius 2 is 1.72 bits per heavy atom. The van der Waals surface area contributed by atoms with Crippen molar-refractivity contribution >= 4 is 27.8 Å². The van der Waals surface area contributed by atoms with Crippen molar-refractivity contribution in [2.45, 2.75) is 26.7 Å². The molecule has 0 saturated carbocycles. The summed E-state index contributed by atoms with van der Waals surface area (Å²) in [5, 5.41) is 1.56. The molecule has 0 bridgehead atoms. The van der Waals surface area contributed by atoms with Gasteiger partial charge >= 0.3 is 11.9 Å². The number of pyridine rings is 1. The summed E-state index contributed by atoms with van der Waals surface area (Å²) in [6.45, 7) is 4.30. The van der Waals surface area contributed by atoms with Crippen molar-refractivity contribution in [1.82, 2.24) is 4.98 Å². The normalized spacial score (nSPS) is 11.1. The first-order valence-electron chi connectivity index (χ1n) is 9.90. The van der Waals surface area contributed by atoms with Crippen molar-refractivity contribution in [3.05, 3.63) is 71.4 Å². The number of para-hydroxylation sites is 1. The van der Waals surface area contributed by atoms with Gasteiger partial charge in [-0.05, 0) is 38.3 Å². The maximum absolute atomic E-state index is 12.8. The highest BCUT2D eigenvalue weighted by molar-refractivity contribution is 6.16. The van der Waals surface area contributed by atoms with Gasteiger partial charge in [0.15, 0.2) is 11.1 Å². The van der Waals surface area contributed by atoms with Gasteiger partial charge in [0.05, 0.1) is 29.8 Å². The summed E-state index contributed by atoms with van der Waals surface area (Å²) in [5.74, 6) is -0.250. The second kappa shape index (κ2) is 8.35. The molecule has 0 atom stereocenters. The molecule has 0 amide bonds. The number of carbonyl (C=O) groups excluding carboxylic acids is 1. The molecule has 0 radical (unpaired) electrons. The fourth-order valence-electron chi connectivity index (χ4n) is 3.55. The number of fused-ring (bicyclic) bond motifs is 3. The van der Waals surface area contributed by atoms with Crippen molar-refractivity contribution < 1.29 is 18.7 Å². The quantitative estimate of drug-likeness (QED) is 0.399. The highest BCUT2D eigenvalue weighted by Crippen LogP contribution is 2.38. The topological polar surface area (TPSA) is 61.6 Å². The Morgan fingerprint density at radius 3 is 2.48 bits per heavy atom. The van der Waals surface area contributed by atoms with Crippen LogP contribution in [-0.2, 0) is 17.6 Å². The van der Waals surface area contributed by atoms with Crippen LogP contribution in [0.15, 0.2) is 59.0 Å². The molecule has 0 N–H and O–H groups in total. The first-order valence-corrected chi connectivity index (χ1v) is 9.90. The molecule has 0 unspecified atom stereocenters.